The summed E-state index contributed by atoms with van der Waals surface area (Å²) in [4.78, 5) is 49.8. The molecule has 0 aromatic heterocycles. The van der Waals surface area contributed by atoms with E-state index < -0.39 is 16.8 Å². The molecule has 0 aromatic rings. The molecule has 2 saturated heterocycles. The molecule has 0 aliphatic carbocycles. The van der Waals surface area contributed by atoms with Crippen LogP contribution in [0.2, 0.25) is 0 Å². The van der Waals surface area contributed by atoms with Crippen molar-refractivity contribution in [3.63, 3.8) is 0 Å². The average molecular weight is 497 g/mol. The number of carbonyl (C=O) groups is 4. The number of amides is 4. The SMILES string of the molecule is CC(CN1C(=O)CCC1=O)OCCC(C)(C)OC(C)(C)CCOC(C)(C)CCN1C(=O)CCC1=O. The Morgan fingerprint density at radius 1 is 0.686 bits per heavy atom. The van der Waals surface area contributed by atoms with E-state index in [1.807, 2.05) is 48.5 Å². The number of likely N-dealkylation sites (tertiary alicyclic amines) is 2. The van der Waals surface area contributed by atoms with Gasteiger partial charge in [0.25, 0.3) is 0 Å². The normalized spacial score (nSPS) is 18.8. The van der Waals surface area contributed by atoms with Gasteiger partial charge < -0.3 is 14.2 Å². The van der Waals surface area contributed by atoms with Crippen LogP contribution in [-0.2, 0) is 33.4 Å². The summed E-state index contributed by atoms with van der Waals surface area (Å²) in [7, 11) is 0. The maximum atomic E-state index is 11.8. The molecule has 0 bridgehead atoms. The first-order valence-electron chi connectivity index (χ1n) is 12.7. The van der Waals surface area contributed by atoms with Crippen LogP contribution in [0, 0.1) is 0 Å². The molecule has 2 fully saturated rings. The Labute approximate surface area is 209 Å². The molecule has 4 amide bonds. The lowest BCUT2D eigenvalue weighted by molar-refractivity contribution is -0.152. The number of carbonyl (C=O) groups excluding carboxylic acids is 4. The predicted molar refractivity (Wildman–Crippen MR) is 130 cm³/mol. The lowest BCUT2D eigenvalue weighted by Crippen LogP contribution is -2.40. The Balaban J connectivity index is 1.69. The summed E-state index contributed by atoms with van der Waals surface area (Å²) in [5.74, 6) is -0.448. The van der Waals surface area contributed by atoms with E-state index in [1.54, 1.807) is 0 Å². The monoisotopic (exact) mass is 496 g/mol. The van der Waals surface area contributed by atoms with Gasteiger partial charge >= 0.3 is 0 Å². The molecule has 9 heteroatoms. The number of rotatable bonds is 15. The van der Waals surface area contributed by atoms with Crippen molar-refractivity contribution in [3.05, 3.63) is 0 Å². The van der Waals surface area contributed by atoms with E-state index in [2.05, 4.69) is 0 Å². The maximum Gasteiger partial charge on any atom is 0.229 e. The van der Waals surface area contributed by atoms with Crippen LogP contribution in [0.1, 0.15) is 93.4 Å². The third-order valence-electron chi connectivity index (χ3n) is 6.54. The van der Waals surface area contributed by atoms with Gasteiger partial charge in [0.15, 0.2) is 0 Å². The zero-order chi connectivity index (χ0) is 26.4. The summed E-state index contributed by atoms with van der Waals surface area (Å²) < 4.78 is 18.3. The van der Waals surface area contributed by atoms with Crippen molar-refractivity contribution in [3.8, 4) is 0 Å². The van der Waals surface area contributed by atoms with E-state index in [0.717, 1.165) is 0 Å². The van der Waals surface area contributed by atoms with Gasteiger partial charge in [0.1, 0.15) is 0 Å². The highest BCUT2D eigenvalue weighted by Crippen LogP contribution is 2.27. The minimum absolute atomic E-state index is 0.0982. The van der Waals surface area contributed by atoms with Gasteiger partial charge in [0, 0.05) is 38.8 Å². The standard InChI is InChI=1S/C26H44N2O7/c1-19(18-28-22(31)10-11-23(28)32)33-16-13-25(4,5)35-26(6,7)14-17-34-24(2,3)12-15-27-20(29)8-9-21(27)30/h19H,8-18H2,1-7H3. The topological polar surface area (TPSA) is 102 Å². The molecule has 35 heavy (non-hydrogen) atoms. The van der Waals surface area contributed by atoms with Gasteiger partial charge in [-0.15, -0.1) is 0 Å². The molecule has 2 aliphatic rings. The highest BCUT2D eigenvalue weighted by Gasteiger charge is 2.33. The second-order valence-corrected chi connectivity index (χ2v) is 11.5. The second kappa shape index (κ2) is 11.9. The summed E-state index contributed by atoms with van der Waals surface area (Å²) in [5, 5.41) is 0. The third-order valence-corrected chi connectivity index (χ3v) is 6.54. The summed E-state index contributed by atoms with van der Waals surface area (Å²) in [6.45, 7) is 15.5. The van der Waals surface area contributed by atoms with Gasteiger partial charge in [0.2, 0.25) is 23.6 Å². The molecule has 0 spiro atoms. The second-order valence-electron chi connectivity index (χ2n) is 11.5. The smallest absolute Gasteiger partial charge is 0.229 e. The van der Waals surface area contributed by atoms with E-state index in [9.17, 15) is 19.2 Å². The summed E-state index contributed by atoms with van der Waals surface area (Å²) in [5.41, 5.74) is -1.33. The lowest BCUT2D eigenvalue weighted by atomic mass is 9.99. The Kier molecular flexibility index (Phi) is 10.0. The van der Waals surface area contributed by atoms with Gasteiger partial charge in [-0.25, -0.2) is 0 Å². The van der Waals surface area contributed by atoms with Crippen molar-refractivity contribution >= 4 is 23.6 Å². The fraction of sp³-hybridized carbons (Fsp3) is 0.846. The molecule has 0 N–H and O–H groups in total. The van der Waals surface area contributed by atoms with Gasteiger partial charge in [-0.1, -0.05) is 0 Å². The molecule has 0 aromatic carbocycles. The number of hydrogen-bond donors (Lipinski definition) is 0. The van der Waals surface area contributed by atoms with E-state index in [4.69, 9.17) is 14.2 Å². The molecule has 2 aliphatic heterocycles. The largest absolute Gasteiger partial charge is 0.377 e. The molecule has 9 nitrogen and oxygen atoms in total. The van der Waals surface area contributed by atoms with Crippen molar-refractivity contribution in [1.29, 1.82) is 0 Å². The van der Waals surface area contributed by atoms with Gasteiger partial charge in [0.05, 0.1) is 36.1 Å². The van der Waals surface area contributed by atoms with Crippen LogP contribution in [0.25, 0.3) is 0 Å². The first-order chi connectivity index (χ1) is 16.1. The van der Waals surface area contributed by atoms with E-state index in [-0.39, 0.29) is 36.3 Å². The Morgan fingerprint density at radius 3 is 1.66 bits per heavy atom. The number of ether oxygens (including phenoxy) is 3. The van der Waals surface area contributed by atoms with Crippen molar-refractivity contribution < 1.29 is 33.4 Å². The highest BCUT2D eigenvalue weighted by atomic mass is 16.5. The van der Waals surface area contributed by atoms with Crippen LogP contribution >= 0.6 is 0 Å². The minimum Gasteiger partial charge on any atom is -0.377 e. The fourth-order valence-corrected chi connectivity index (χ4v) is 4.39. The molecule has 1 atom stereocenters. The molecule has 0 radical (unpaired) electrons. The molecule has 2 heterocycles. The van der Waals surface area contributed by atoms with Crippen LogP contribution in [0.5, 0.6) is 0 Å². The number of imide groups is 2. The summed E-state index contributed by atoms with van der Waals surface area (Å²) in [6, 6.07) is 0. The first-order valence-corrected chi connectivity index (χ1v) is 12.7. The quantitative estimate of drug-likeness (QED) is 0.321. The van der Waals surface area contributed by atoms with Gasteiger partial charge in [-0.05, 0) is 67.7 Å². The maximum absolute atomic E-state index is 11.8. The molecular formula is C26H44N2O7. The van der Waals surface area contributed by atoms with E-state index in [1.165, 1.54) is 9.80 Å². The molecule has 2 rings (SSSR count). The highest BCUT2D eigenvalue weighted by molar-refractivity contribution is 6.02. The van der Waals surface area contributed by atoms with Crippen LogP contribution in [0.15, 0.2) is 0 Å². The molecule has 1 unspecified atom stereocenters. The van der Waals surface area contributed by atoms with Crippen LogP contribution in [-0.4, -0.2) is 82.6 Å². The fourth-order valence-electron chi connectivity index (χ4n) is 4.39. The predicted octanol–water partition coefficient (Wildman–Crippen LogP) is 3.23. The molecule has 0 saturated carbocycles. The average Bonchev–Trinajstić information content (AvgIpc) is 3.20. The van der Waals surface area contributed by atoms with Crippen molar-refractivity contribution in [2.75, 3.05) is 26.3 Å². The van der Waals surface area contributed by atoms with Gasteiger partial charge in [-0.3, -0.25) is 29.0 Å². The Hall–Kier alpha value is -1.84. The third kappa shape index (κ3) is 9.61. The Bertz CT molecular complexity index is 759. The van der Waals surface area contributed by atoms with E-state index >= 15 is 0 Å². The van der Waals surface area contributed by atoms with Crippen molar-refractivity contribution in [2.24, 2.45) is 0 Å². The summed E-state index contributed by atoms with van der Waals surface area (Å²) >= 11 is 0. The van der Waals surface area contributed by atoms with Crippen molar-refractivity contribution in [1.82, 2.24) is 9.80 Å². The van der Waals surface area contributed by atoms with Crippen LogP contribution < -0.4 is 0 Å². The van der Waals surface area contributed by atoms with E-state index in [0.29, 0.717) is 64.7 Å². The van der Waals surface area contributed by atoms with Gasteiger partial charge in [-0.2, -0.15) is 0 Å². The first kappa shape index (κ1) is 29.4. The zero-order valence-electron chi connectivity index (χ0n) is 22.6. The minimum atomic E-state index is -0.461. The molecule has 200 valence electrons. The van der Waals surface area contributed by atoms with Crippen LogP contribution in [0.4, 0.5) is 0 Å². The lowest BCUT2D eigenvalue weighted by Gasteiger charge is -2.37. The van der Waals surface area contributed by atoms with Crippen molar-refractivity contribution in [2.45, 2.75) is 116 Å². The zero-order valence-corrected chi connectivity index (χ0v) is 22.6. The summed E-state index contributed by atoms with van der Waals surface area (Å²) in [6.07, 6.45) is 2.89. The number of hydrogen-bond acceptors (Lipinski definition) is 7. The number of nitrogens with zero attached hydrogens (tertiary/aromatic N) is 2. The Morgan fingerprint density at radius 2 is 1.14 bits per heavy atom. The molecular weight excluding hydrogens is 452 g/mol. The van der Waals surface area contributed by atoms with Crippen LogP contribution in [0.3, 0.4) is 0 Å².